The third kappa shape index (κ3) is 3.78. The monoisotopic (exact) mass is 281 g/mol. The SMILES string of the molecule is CC(NCCc1cnn(C)c1)c1ccc(F)c(Cl)c1. The van der Waals surface area contributed by atoms with Crippen molar-refractivity contribution < 1.29 is 4.39 Å². The topological polar surface area (TPSA) is 29.9 Å². The second kappa shape index (κ2) is 6.17. The zero-order valence-corrected chi connectivity index (χ0v) is 11.8. The van der Waals surface area contributed by atoms with E-state index in [1.807, 2.05) is 26.4 Å². The highest BCUT2D eigenvalue weighted by Gasteiger charge is 2.07. The number of rotatable bonds is 5. The van der Waals surface area contributed by atoms with E-state index in [9.17, 15) is 4.39 Å². The maximum atomic E-state index is 13.1. The highest BCUT2D eigenvalue weighted by molar-refractivity contribution is 6.30. The Hall–Kier alpha value is -1.39. The van der Waals surface area contributed by atoms with Crippen molar-refractivity contribution >= 4 is 11.6 Å². The molecule has 0 amide bonds. The first kappa shape index (κ1) is 14.0. The molecule has 2 rings (SSSR count). The molecule has 0 saturated carbocycles. The molecular formula is C14H17ClFN3. The minimum atomic E-state index is -0.382. The number of nitrogens with one attached hydrogen (secondary N) is 1. The van der Waals surface area contributed by atoms with Gasteiger partial charge in [0.2, 0.25) is 0 Å². The minimum Gasteiger partial charge on any atom is -0.310 e. The summed E-state index contributed by atoms with van der Waals surface area (Å²) in [5.74, 6) is -0.382. The Morgan fingerprint density at radius 1 is 1.47 bits per heavy atom. The van der Waals surface area contributed by atoms with Gasteiger partial charge < -0.3 is 5.32 Å². The molecule has 1 aromatic carbocycles. The van der Waals surface area contributed by atoms with E-state index in [1.54, 1.807) is 16.8 Å². The molecular weight excluding hydrogens is 265 g/mol. The van der Waals surface area contributed by atoms with Crippen molar-refractivity contribution in [2.24, 2.45) is 7.05 Å². The highest BCUT2D eigenvalue weighted by Crippen LogP contribution is 2.20. The molecule has 5 heteroatoms. The lowest BCUT2D eigenvalue weighted by atomic mass is 10.1. The van der Waals surface area contributed by atoms with E-state index in [0.717, 1.165) is 18.5 Å². The average molecular weight is 282 g/mol. The zero-order valence-electron chi connectivity index (χ0n) is 11.0. The Bertz CT molecular complexity index is 553. The summed E-state index contributed by atoms with van der Waals surface area (Å²) in [6.45, 7) is 2.87. The van der Waals surface area contributed by atoms with Crippen LogP contribution < -0.4 is 5.32 Å². The quantitative estimate of drug-likeness (QED) is 0.913. The molecule has 0 bridgehead atoms. The van der Waals surface area contributed by atoms with Crippen molar-refractivity contribution in [3.63, 3.8) is 0 Å². The van der Waals surface area contributed by atoms with Gasteiger partial charge in [0.15, 0.2) is 0 Å². The van der Waals surface area contributed by atoms with Crippen LogP contribution >= 0.6 is 11.6 Å². The summed E-state index contributed by atoms with van der Waals surface area (Å²) in [6, 6.07) is 4.95. The van der Waals surface area contributed by atoms with Crippen LogP contribution in [0.3, 0.4) is 0 Å². The summed E-state index contributed by atoms with van der Waals surface area (Å²) in [6.07, 6.45) is 4.77. The van der Waals surface area contributed by atoms with E-state index in [4.69, 9.17) is 11.6 Å². The Kier molecular flexibility index (Phi) is 4.56. The predicted octanol–water partition coefficient (Wildman–Crippen LogP) is 3.11. The number of aromatic nitrogens is 2. The van der Waals surface area contributed by atoms with Gasteiger partial charge in [-0.3, -0.25) is 4.68 Å². The van der Waals surface area contributed by atoms with Crippen LogP contribution in [0.5, 0.6) is 0 Å². The Balaban J connectivity index is 1.86. The lowest BCUT2D eigenvalue weighted by molar-refractivity contribution is 0.573. The van der Waals surface area contributed by atoms with Gasteiger partial charge in [0.25, 0.3) is 0 Å². The number of halogens is 2. The molecule has 3 nitrogen and oxygen atoms in total. The van der Waals surface area contributed by atoms with Crippen LogP contribution in [-0.4, -0.2) is 16.3 Å². The summed E-state index contributed by atoms with van der Waals surface area (Å²) in [7, 11) is 1.90. The molecule has 0 spiro atoms. The second-order valence-electron chi connectivity index (χ2n) is 4.62. The van der Waals surface area contributed by atoms with Crippen LogP contribution in [0.15, 0.2) is 30.6 Å². The van der Waals surface area contributed by atoms with E-state index in [0.29, 0.717) is 0 Å². The first-order valence-electron chi connectivity index (χ1n) is 6.22. The standard InChI is InChI=1S/C14H17ClFN3/c1-10(12-3-4-14(16)13(15)7-12)17-6-5-11-8-18-19(2)9-11/h3-4,7-10,17H,5-6H2,1-2H3. The Morgan fingerprint density at radius 3 is 2.89 bits per heavy atom. The molecule has 1 aromatic heterocycles. The number of hydrogen-bond acceptors (Lipinski definition) is 2. The van der Waals surface area contributed by atoms with Gasteiger partial charge in [-0.15, -0.1) is 0 Å². The Morgan fingerprint density at radius 2 is 2.26 bits per heavy atom. The summed E-state index contributed by atoms with van der Waals surface area (Å²) >= 11 is 5.78. The molecule has 1 unspecified atom stereocenters. The van der Waals surface area contributed by atoms with Gasteiger partial charge in [0.1, 0.15) is 5.82 Å². The van der Waals surface area contributed by atoms with E-state index in [1.165, 1.54) is 11.6 Å². The largest absolute Gasteiger partial charge is 0.310 e. The van der Waals surface area contributed by atoms with Crippen LogP contribution in [0.4, 0.5) is 4.39 Å². The summed E-state index contributed by atoms with van der Waals surface area (Å²) in [5.41, 5.74) is 2.18. The van der Waals surface area contributed by atoms with E-state index < -0.39 is 0 Å². The highest BCUT2D eigenvalue weighted by atomic mass is 35.5. The van der Waals surface area contributed by atoms with Gasteiger partial charge in [-0.25, -0.2) is 4.39 Å². The van der Waals surface area contributed by atoms with Crippen molar-refractivity contribution in [3.05, 3.63) is 52.6 Å². The Labute approximate surface area is 117 Å². The molecule has 0 fully saturated rings. The number of nitrogens with zero attached hydrogens (tertiary/aromatic N) is 2. The van der Waals surface area contributed by atoms with Crippen molar-refractivity contribution in [2.45, 2.75) is 19.4 Å². The van der Waals surface area contributed by atoms with Crippen LogP contribution in [0, 0.1) is 5.82 Å². The molecule has 1 atom stereocenters. The van der Waals surface area contributed by atoms with Gasteiger partial charge >= 0.3 is 0 Å². The molecule has 0 aliphatic heterocycles. The molecule has 102 valence electrons. The van der Waals surface area contributed by atoms with Crippen LogP contribution in [-0.2, 0) is 13.5 Å². The van der Waals surface area contributed by atoms with E-state index in [2.05, 4.69) is 10.4 Å². The van der Waals surface area contributed by atoms with Crippen molar-refractivity contribution in [2.75, 3.05) is 6.54 Å². The number of hydrogen-bond donors (Lipinski definition) is 1. The lowest BCUT2D eigenvalue weighted by Gasteiger charge is -2.14. The summed E-state index contributed by atoms with van der Waals surface area (Å²) in [5, 5.41) is 7.67. The molecule has 0 saturated heterocycles. The fraction of sp³-hybridized carbons (Fsp3) is 0.357. The summed E-state index contributed by atoms with van der Waals surface area (Å²) in [4.78, 5) is 0. The lowest BCUT2D eigenvalue weighted by Crippen LogP contribution is -2.21. The second-order valence-corrected chi connectivity index (χ2v) is 5.03. The first-order chi connectivity index (χ1) is 9.06. The van der Waals surface area contributed by atoms with Crippen molar-refractivity contribution in [1.82, 2.24) is 15.1 Å². The van der Waals surface area contributed by atoms with Gasteiger partial charge in [-0.05, 0) is 43.1 Å². The fourth-order valence-corrected chi connectivity index (χ4v) is 2.12. The molecule has 0 aliphatic rings. The normalized spacial score (nSPS) is 12.6. The first-order valence-corrected chi connectivity index (χ1v) is 6.60. The average Bonchev–Trinajstić information content (AvgIpc) is 2.78. The van der Waals surface area contributed by atoms with Crippen molar-refractivity contribution in [1.29, 1.82) is 0 Å². The van der Waals surface area contributed by atoms with E-state index >= 15 is 0 Å². The van der Waals surface area contributed by atoms with Crippen LogP contribution in [0.2, 0.25) is 5.02 Å². The van der Waals surface area contributed by atoms with Crippen molar-refractivity contribution in [3.8, 4) is 0 Å². The molecule has 0 aliphatic carbocycles. The smallest absolute Gasteiger partial charge is 0.141 e. The van der Waals surface area contributed by atoms with Gasteiger partial charge in [0, 0.05) is 19.3 Å². The molecule has 1 heterocycles. The summed E-state index contributed by atoms with van der Waals surface area (Å²) < 4.78 is 14.9. The van der Waals surface area contributed by atoms with Gasteiger partial charge in [0.05, 0.1) is 11.2 Å². The minimum absolute atomic E-state index is 0.134. The van der Waals surface area contributed by atoms with Gasteiger partial charge in [-0.2, -0.15) is 5.10 Å². The van der Waals surface area contributed by atoms with Gasteiger partial charge in [-0.1, -0.05) is 17.7 Å². The van der Waals surface area contributed by atoms with Crippen LogP contribution in [0.1, 0.15) is 24.1 Å². The number of benzene rings is 1. The molecule has 2 aromatic rings. The third-order valence-corrected chi connectivity index (χ3v) is 3.36. The fourth-order valence-electron chi connectivity index (χ4n) is 1.93. The molecule has 1 N–H and O–H groups in total. The molecule has 19 heavy (non-hydrogen) atoms. The maximum Gasteiger partial charge on any atom is 0.141 e. The number of aryl methyl sites for hydroxylation is 1. The maximum absolute atomic E-state index is 13.1. The third-order valence-electron chi connectivity index (χ3n) is 3.07. The predicted molar refractivity (Wildman–Crippen MR) is 74.7 cm³/mol. The zero-order chi connectivity index (χ0) is 13.8. The molecule has 0 radical (unpaired) electrons. The van der Waals surface area contributed by atoms with Crippen LogP contribution in [0.25, 0.3) is 0 Å². The van der Waals surface area contributed by atoms with E-state index in [-0.39, 0.29) is 16.9 Å².